The van der Waals surface area contributed by atoms with Crippen molar-refractivity contribution in [3.63, 3.8) is 0 Å². The van der Waals surface area contributed by atoms with E-state index in [-0.39, 0.29) is 0 Å². The largest absolute Gasteiger partial charge is 0.462 e. The summed E-state index contributed by atoms with van der Waals surface area (Å²) in [6.07, 6.45) is 0. The summed E-state index contributed by atoms with van der Waals surface area (Å²) in [5, 5.41) is 1.26. The van der Waals surface area contributed by atoms with E-state index < -0.39 is 5.97 Å². The zero-order chi connectivity index (χ0) is 14.8. The van der Waals surface area contributed by atoms with E-state index in [9.17, 15) is 4.79 Å². The highest BCUT2D eigenvalue weighted by Crippen LogP contribution is 2.37. The van der Waals surface area contributed by atoms with Crippen molar-refractivity contribution in [2.75, 3.05) is 6.61 Å². The van der Waals surface area contributed by atoms with Crippen LogP contribution in [0.5, 0.6) is 0 Å². The molecule has 0 amide bonds. The maximum atomic E-state index is 12.3. The third kappa shape index (κ3) is 2.41. The lowest BCUT2D eigenvalue weighted by Gasteiger charge is -2.04. The van der Waals surface area contributed by atoms with Crippen LogP contribution >= 0.6 is 11.6 Å². The Balaban J connectivity index is 2.29. The van der Waals surface area contributed by atoms with Crippen LogP contribution in [0.3, 0.4) is 0 Å². The molecule has 1 heterocycles. The van der Waals surface area contributed by atoms with Crippen LogP contribution in [0.1, 0.15) is 17.3 Å². The molecule has 1 aromatic heterocycles. The second-order valence-corrected chi connectivity index (χ2v) is 4.91. The molecule has 2 aromatic carbocycles. The first kappa shape index (κ1) is 13.7. The number of carbonyl (C=O) groups excluding carboxylic acids is 1. The van der Waals surface area contributed by atoms with Gasteiger partial charge in [0, 0.05) is 10.9 Å². The van der Waals surface area contributed by atoms with Gasteiger partial charge in [-0.05, 0) is 25.1 Å². The zero-order valence-corrected chi connectivity index (χ0v) is 12.2. The van der Waals surface area contributed by atoms with E-state index in [1.165, 1.54) is 0 Å². The summed E-state index contributed by atoms with van der Waals surface area (Å²) in [6, 6.07) is 14.6. The minimum absolute atomic E-state index is 0.306. The van der Waals surface area contributed by atoms with Gasteiger partial charge in [0.1, 0.15) is 11.1 Å². The highest BCUT2D eigenvalue weighted by atomic mass is 35.5. The molecule has 0 aliphatic rings. The molecule has 0 saturated carbocycles. The van der Waals surface area contributed by atoms with Crippen LogP contribution in [-0.4, -0.2) is 12.6 Å². The number of halogens is 1. The van der Waals surface area contributed by atoms with Crippen LogP contribution in [-0.2, 0) is 4.74 Å². The average Bonchev–Trinajstić information content (AvgIpc) is 2.87. The van der Waals surface area contributed by atoms with Crippen LogP contribution in [0, 0.1) is 0 Å². The van der Waals surface area contributed by atoms with Gasteiger partial charge in [-0.3, -0.25) is 0 Å². The van der Waals surface area contributed by atoms with Gasteiger partial charge in [0.05, 0.1) is 11.6 Å². The monoisotopic (exact) mass is 300 g/mol. The standard InChI is InChI=1S/C17H13ClO3/c1-2-20-17(19)15-12-8-4-6-10-14(12)21-16(15)11-7-3-5-9-13(11)18/h3-10H,2H2,1H3. The normalized spacial score (nSPS) is 10.8. The van der Waals surface area contributed by atoms with Crippen molar-refractivity contribution in [1.29, 1.82) is 0 Å². The van der Waals surface area contributed by atoms with E-state index >= 15 is 0 Å². The number of esters is 1. The van der Waals surface area contributed by atoms with Crippen LogP contribution in [0.15, 0.2) is 52.9 Å². The molecular formula is C17H13ClO3. The lowest BCUT2D eigenvalue weighted by Crippen LogP contribution is -2.05. The lowest BCUT2D eigenvalue weighted by molar-refractivity contribution is 0.0529. The van der Waals surface area contributed by atoms with Crippen molar-refractivity contribution >= 4 is 28.5 Å². The molecule has 0 saturated heterocycles. The molecule has 0 spiro atoms. The van der Waals surface area contributed by atoms with Crippen molar-refractivity contribution in [3.8, 4) is 11.3 Å². The molecule has 3 nitrogen and oxygen atoms in total. The highest BCUT2D eigenvalue weighted by Gasteiger charge is 2.24. The van der Waals surface area contributed by atoms with Crippen LogP contribution < -0.4 is 0 Å². The molecular weight excluding hydrogens is 288 g/mol. The Bertz CT molecular complexity index is 805. The first-order valence-corrected chi connectivity index (χ1v) is 7.03. The molecule has 4 heteroatoms. The first-order chi connectivity index (χ1) is 10.2. The van der Waals surface area contributed by atoms with Gasteiger partial charge < -0.3 is 9.15 Å². The van der Waals surface area contributed by atoms with Gasteiger partial charge in [-0.1, -0.05) is 41.9 Å². The van der Waals surface area contributed by atoms with Crippen LogP contribution in [0.4, 0.5) is 0 Å². The quantitative estimate of drug-likeness (QED) is 0.644. The smallest absolute Gasteiger partial charge is 0.342 e. The molecule has 3 rings (SSSR count). The number of para-hydroxylation sites is 1. The van der Waals surface area contributed by atoms with Gasteiger partial charge in [-0.15, -0.1) is 0 Å². The number of hydrogen-bond donors (Lipinski definition) is 0. The molecule has 0 N–H and O–H groups in total. The molecule has 0 atom stereocenters. The number of hydrogen-bond acceptors (Lipinski definition) is 3. The minimum Gasteiger partial charge on any atom is -0.462 e. The fraction of sp³-hybridized carbons (Fsp3) is 0.118. The van der Waals surface area contributed by atoms with Gasteiger partial charge in [0.15, 0.2) is 5.76 Å². The number of ether oxygens (including phenoxy) is 1. The Morgan fingerprint density at radius 1 is 1.14 bits per heavy atom. The molecule has 106 valence electrons. The molecule has 3 aromatic rings. The summed E-state index contributed by atoms with van der Waals surface area (Å²) in [7, 11) is 0. The fourth-order valence-electron chi connectivity index (χ4n) is 2.29. The Kier molecular flexibility index (Phi) is 3.67. The van der Waals surface area contributed by atoms with Gasteiger partial charge in [-0.2, -0.15) is 0 Å². The number of rotatable bonds is 3. The third-order valence-corrected chi connectivity index (χ3v) is 3.52. The topological polar surface area (TPSA) is 39.4 Å². The Morgan fingerprint density at radius 2 is 1.86 bits per heavy atom. The van der Waals surface area contributed by atoms with Crippen LogP contribution in [0.25, 0.3) is 22.3 Å². The molecule has 0 bridgehead atoms. The molecule has 0 aliphatic carbocycles. The number of carbonyl (C=O) groups is 1. The molecule has 21 heavy (non-hydrogen) atoms. The summed E-state index contributed by atoms with van der Waals surface area (Å²) >= 11 is 6.23. The van der Waals surface area contributed by atoms with Crippen LogP contribution in [0.2, 0.25) is 5.02 Å². The van der Waals surface area contributed by atoms with Crippen molar-refractivity contribution in [2.45, 2.75) is 6.92 Å². The Morgan fingerprint density at radius 3 is 2.62 bits per heavy atom. The summed E-state index contributed by atoms with van der Waals surface area (Å²) in [5.41, 5.74) is 1.73. The second kappa shape index (κ2) is 5.62. The Hall–Kier alpha value is -2.26. The van der Waals surface area contributed by atoms with Crippen molar-refractivity contribution < 1.29 is 13.9 Å². The first-order valence-electron chi connectivity index (χ1n) is 6.66. The number of fused-ring (bicyclic) bond motifs is 1. The lowest BCUT2D eigenvalue weighted by atomic mass is 10.1. The van der Waals surface area contributed by atoms with E-state index in [2.05, 4.69) is 0 Å². The van der Waals surface area contributed by atoms with E-state index in [1.54, 1.807) is 13.0 Å². The molecule has 0 fully saturated rings. The fourth-order valence-corrected chi connectivity index (χ4v) is 2.51. The second-order valence-electron chi connectivity index (χ2n) is 4.50. The minimum atomic E-state index is -0.405. The highest BCUT2D eigenvalue weighted by molar-refractivity contribution is 6.33. The summed E-state index contributed by atoms with van der Waals surface area (Å²) < 4.78 is 11.0. The van der Waals surface area contributed by atoms with Crippen molar-refractivity contribution in [3.05, 3.63) is 59.1 Å². The Labute approximate surface area is 127 Å². The van der Waals surface area contributed by atoms with Gasteiger partial charge in [-0.25, -0.2) is 4.79 Å². The third-order valence-electron chi connectivity index (χ3n) is 3.19. The van der Waals surface area contributed by atoms with Crippen molar-refractivity contribution in [2.24, 2.45) is 0 Å². The average molecular weight is 301 g/mol. The predicted octanol–water partition coefficient (Wildman–Crippen LogP) is 4.93. The summed E-state index contributed by atoms with van der Waals surface area (Å²) in [4.78, 5) is 12.3. The molecule has 0 aliphatic heterocycles. The van der Waals surface area contributed by atoms with Gasteiger partial charge in [0.2, 0.25) is 0 Å². The predicted molar refractivity (Wildman–Crippen MR) is 82.6 cm³/mol. The van der Waals surface area contributed by atoms with E-state index in [0.29, 0.717) is 34.1 Å². The van der Waals surface area contributed by atoms with Gasteiger partial charge in [0.25, 0.3) is 0 Å². The molecule has 0 radical (unpaired) electrons. The zero-order valence-electron chi connectivity index (χ0n) is 11.4. The molecule has 0 unspecified atom stereocenters. The number of furan rings is 1. The SMILES string of the molecule is CCOC(=O)c1c(-c2ccccc2Cl)oc2ccccc12. The van der Waals surface area contributed by atoms with E-state index in [0.717, 1.165) is 5.39 Å². The maximum Gasteiger partial charge on any atom is 0.342 e. The van der Waals surface area contributed by atoms with E-state index in [4.69, 9.17) is 20.8 Å². The summed E-state index contributed by atoms with van der Waals surface area (Å²) in [6.45, 7) is 2.08. The number of benzene rings is 2. The summed E-state index contributed by atoms with van der Waals surface area (Å²) in [5.74, 6) is 0.0395. The maximum absolute atomic E-state index is 12.3. The van der Waals surface area contributed by atoms with Gasteiger partial charge >= 0.3 is 5.97 Å². The van der Waals surface area contributed by atoms with Crippen molar-refractivity contribution in [1.82, 2.24) is 0 Å². The van der Waals surface area contributed by atoms with E-state index in [1.807, 2.05) is 42.5 Å².